The summed E-state index contributed by atoms with van der Waals surface area (Å²) in [6.45, 7) is -0.109. The Hall–Kier alpha value is -2.42. The number of nitrogens with one attached hydrogen (secondary N) is 1. The number of hydrogen-bond donors (Lipinski definition) is 3. The Kier molecular flexibility index (Phi) is 3.21. The van der Waals surface area contributed by atoms with Crippen LogP contribution in [0.5, 0.6) is 0 Å². The highest BCUT2D eigenvalue weighted by atomic mass is 16.6. The molecule has 1 aliphatic rings. The number of aliphatic hydroxyl groups is 1. The summed E-state index contributed by atoms with van der Waals surface area (Å²) in [4.78, 5) is 36.1. The van der Waals surface area contributed by atoms with Crippen LogP contribution in [0.2, 0.25) is 0 Å². The third kappa shape index (κ3) is 2.40. The zero-order valence-corrected chi connectivity index (χ0v) is 9.65. The largest absolute Gasteiger partial charge is 0.480 e. The lowest BCUT2D eigenvalue weighted by molar-refractivity contribution is -0.389. The number of H-pyrrole nitrogens is 1. The van der Waals surface area contributed by atoms with Gasteiger partial charge >= 0.3 is 11.8 Å². The number of hydrogen-bond acceptors (Lipinski definition) is 5. The molecule has 9 nitrogen and oxygen atoms in total. The van der Waals surface area contributed by atoms with E-state index in [0.717, 1.165) is 11.0 Å². The van der Waals surface area contributed by atoms with Crippen LogP contribution in [0.4, 0.5) is 5.82 Å². The van der Waals surface area contributed by atoms with Crippen LogP contribution in [0.25, 0.3) is 0 Å². The molecule has 2 atom stereocenters. The highest BCUT2D eigenvalue weighted by Gasteiger charge is 2.40. The molecule has 0 aromatic carbocycles. The number of aliphatic hydroxyl groups excluding tert-OH is 1. The number of aliphatic carboxylic acids is 1. The standard InChI is InChI=1S/C10H11N3O6/c14-5-3-7(10(16)17)12(4-5)9(15)6-1-2-8(11-6)13(18)19/h1-2,5,7,11,14H,3-4H2,(H,16,17)/t5-,7-/m1/s1. The van der Waals surface area contributed by atoms with E-state index >= 15 is 0 Å². The van der Waals surface area contributed by atoms with Gasteiger partial charge in [-0.2, -0.15) is 0 Å². The third-order valence-corrected chi connectivity index (χ3v) is 2.92. The number of aromatic nitrogens is 1. The maximum absolute atomic E-state index is 12.0. The van der Waals surface area contributed by atoms with Gasteiger partial charge < -0.3 is 25.2 Å². The minimum absolute atomic E-state index is 0.0517. The summed E-state index contributed by atoms with van der Waals surface area (Å²) < 4.78 is 0. The van der Waals surface area contributed by atoms with Crippen molar-refractivity contribution in [3.05, 3.63) is 27.9 Å². The van der Waals surface area contributed by atoms with Crippen molar-refractivity contribution in [2.75, 3.05) is 6.54 Å². The first-order chi connectivity index (χ1) is 8.90. The smallest absolute Gasteiger partial charge is 0.326 e. The molecule has 102 valence electrons. The third-order valence-electron chi connectivity index (χ3n) is 2.92. The monoisotopic (exact) mass is 269 g/mol. The van der Waals surface area contributed by atoms with Crippen LogP contribution in [0.1, 0.15) is 16.9 Å². The molecule has 1 aliphatic heterocycles. The first kappa shape index (κ1) is 13.0. The number of carboxylic acids is 1. The predicted molar refractivity (Wildman–Crippen MR) is 60.5 cm³/mol. The molecule has 2 rings (SSSR count). The van der Waals surface area contributed by atoms with E-state index in [9.17, 15) is 24.8 Å². The molecule has 9 heteroatoms. The molecule has 0 radical (unpaired) electrons. The van der Waals surface area contributed by atoms with E-state index in [1.54, 1.807) is 0 Å². The number of rotatable bonds is 3. The summed E-state index contributed by atoms with van der Waals surface area (Å²) in [5, 5.41) is 28.9. The normalized spacial score (nSPS) is 22.5. The maximum Gasteiger partial charge on any atom is 0.326 e. The van der Waals surface area contributed by atoms with E-state index in [1.165, 1.54) is 6.07 Å². The van der Waals surface area contributed by atoms with Gasteiger partial charge in [-0.05, 0) is 11.0 Å². The van der Waals surface area contributed by atoms with Crippen molar-refractivity contribution in [2.45, 2.75) is 18.6 Å². The van der Waals surface area contributed by atoms with Gasteiger partial charge in [0.15, 0.2) is 5.69 Å². The predicted octanol–water partition coefficient (Wildman–Crippen LogP) is -0.417. The Bertz CT molecular complexity index is 539. The zero-order valence-electron chi connectivity index (χ0n) is 9.65. The fourth-order valence-corrected chi connectivity index (χ4v) is 2.04. The van der Waals surface area contributed by atoms with Gasteiger partial charge in [0.25, 0.3) is 5.91 Å². The number of likely N-dealkylation sites (tertiary alicyclic amines) is 1. The number of aromatic amines is 1. The summed E-state index contributed by atoms with van der Waals surface area (Å²) in [6, 6.07) is 1.21. The van der Waals surface area contributed by atoms with Crippen molar-refractivity contribution in [3.8, 4) is 0 Å². The summed E-state index contributed by atoms with van der Waals surface area (Å²) in [6.07, 6.45) is -0.959. The summed E-state index contributed by atoms with van der Waals surface area (Å²) >= 11 is 0. The fraction of sp³-hybridized carbons (Fsp3) is 0.400. The number of carboxylic acid groups (broad SMARTS) is 1. The van der Waals surface area contributed by atoms with E-state index in [2.05, 4.69) is 4.98 Å². The van der Waals surface area contributed by atoms with Crippen LogP contribution >= 0.6 is 0 Å². The summed E-state index contributed by atoms with van der Waals surface area (Å²) in [5.41, 5.74) is -0.0768. The van der Waals surface area contributed by atoms with Crippen molar-refractivity contribution in [2.24, 2.45) is 0 Å². The van der Waals surface area contributed by atoms with Gasteiger partial charge in [-0.3, -0.25) is 4.79 Å². The molecular formula is C10H11N3O6. The van der Waals surface area contributed by atoms with E-state index in [4.69, 9.17) is 5.11 Å². The Morgan fingerprint density at radius 1 is 1.47 bits per heavy atom. The van der Waals surface area contributed by atoms with Crippen molar-refractivity contribution in [1.82, 2.24) is 9.88 Å². The second-order valence-electron chi connectivity index (χ2n) is 4.22. The zero-order chi connectivity index (χ0) is 14.2. The van der Waals surface area contributed by atoms with Crippen LogP contribution in [-0.2, 0) is 4.79 Å². The van der Waals surface area contributed by atoms with Gasteiger partial charge in [-0.1, -0.05) is 0 Å². The highest BCUT2D eigenvalue weighted by molar-refractivity contribution is 5.96. The number of amides is 1. The fourth-order valence-electron chi connectivity index (χ4n) is 2.04. The van der Waals surface area contributed by atoms with Gasteiger partial charge in [-0.15, -0.1) is 0 Å². The minimum Gasteiger partial charge on any atom is -0.480 e. The van der Waals surface area contributed by atoms with Crippen LogP contribution in [0.3, 0.4) is 0 Å². The molecule has 1 fully saturated rings. The van der Waals surface area contributed by atoms with Crippen LogP contribution in [-0.4, -0.2) is 55.6 Å². The topological polar surface area (TPSA) is 137 Å². The molecule has 0 bridgehead atoms. The van der Waals surface area contributed by atoms with Gasteiger partial charge in [-0.25, -0.2) is 9.78 Å². The number of β-amino-alcohol motifs (C(OH)–C–C–N with tert-alkyl or cyclic N) is 1. The SMILES string of the molecule is O=C(O)[C@H]1C[C@@H](O)CN1C(=O)c1ccc([N+](=O)[O-])[nH]1. The molecule has 1 aromatic heterocycles. The highest BCUT2D eigenvalue weighted by Crippen LogP contribution is 2.21. The van der Waals surface area contributed by atoms with Gasteiger partial charge in [0.1, 0.15) is 6.04 Å². The molecule has 0 aliphatic carbocycles. The Labute approximate surface area is 106 Å². The van der Waals surface area contributed by atoms with E-state index in [-0.39, 0.29) is 24.5 Å². The van der Waals surface area contributed by atoms with Crippen molar-refractivity contribution < 1.29 is 24.7 Å². The first-order valence-electron chi connectivity index (χ1n) is 5.45. The van der Waals surface area contributed by atoms with E-state index in [0.29, 0.717) is 0 Å². The molecule has 1 saturated heterocycles. The molecule has 1 aromatic rings. The van der Waals surface area contributed by atoms with Gasteiger partial charge in [0.2, 0.25) is 0 Å². The maximum atomic E-state index is 12.0. The minimum atomic E-state index is -1.22. The van der Waals surface area contributed by atoms with E-state index < -0.39 is 28.9 Å². The van der Waals surface area contributed by atoms with Crippen molar-refractivity contribution in [1.29, 1.82) is 0 Å². The summed E-state index contributed by atoms with van der Waals surface area (Å²) in [7, 11) is 0. The van der Waals surface area contributed by atoms with E-state index in [1.807, 2.05) is 0 Å². The van der Waals surface area contributed by atoms with Crippen LogP contribution in [0, 0.1) is 10.1 Å². The second kappa shape index (κ2) is 4.69. The Morgan fingerprint density at radius 2 is 2.16 bits per heavy atom. The summed E-state index contributed by atoms with van der Waals surface area (Å²) in [5.74, 6) is -2.25. The lowest BCUT2D eigenvalue weighted by Gasteiger charge is -2.19. The Balaban J connectivity index is 2.22. The quantitative estimate of drug-likeness (QED) is 0.503. The average Bonchev–Trinajstić information content (AvgIpc) is 2.94. The lowest BCUT2D eigenvalue weighted by Crippen LogP contribution is -2.40. The number of nitrogens with zero attached hydrogens (tertiary/aromatic N) is 2. The molecule has 0 unspecified atom stereocenters. The first-order valence-corrected chi connectivity index (χ1v) is 5.45. The molecule has 3 N–H and O–H groups in total. The molecule has 2 heterocycles. The number of carbonyl (C=O) groups excluding carboxylic acids is 1. The average molecular weight is 269 g/mol. The number of nitro groups is 1. The van der Waals surface area contributed by atoms with Crippen molar-refractivity contribution in [3.63, 3.8) is 0 Å². The van der Waals surface area contributed by atoms with Crippen LogP contribution < -0.4 is 0 Å². The van der Waals surface area contributed by atoms with Crippen molar-refractivity contribution >= 4 is 17.7 Å². The molecule has 19 heavy (non-hydrogen) atoms. The number of carbonyl (C=O) groups is 2. The van der Waals surface area contributed by atoms with Gasteiger partial charge in [0, 0.05) is 19.0 Å². The lowest BCUT2D eigenvalue weighted by atomic mass is 10.2. The second-order valence-corrected chi connectivity index (χ2v) is 4.22. The Morgan fingerprint density at radius 3 is 2.68 bits per heavy atom. The molecular weight excluding hydrogens is 258 g/mol. The van der Waals surface area contributed by atoms with Crippen LogP contribution in [0.15, 0.2) is 12.1 Å². The van der Waals surface area contributed by atoms with Gasteiger partial charge in [0.05, 0.1) is 6.10 Å². The molecule has 1 amide bonds. The molecule has 0 spiro atoms. The molecule has 0 saturated carbocycles.